The van der Waals surface area contributed by atoms with E-state index in [2.05, 4.69) is 93.7 Å². The molecule has 0 aromatic carbocycles. The maximum Gasteiger partial charge on any atom is 0.306 e. The number of carbonyl (C=O) groups excluding carboxylic acids is 3. The molecule has 0 amide bonds. The number of unbranched alkanes of at least 4 members (excludes halogenated alkanes) is 40. The van der Waals surface area contributed by atoms with Crippen LogP contribution in [-0.2, 0) is 28.6 Å². The van der Waals surface area contributed by atoms with E-state index in [9.17, 15) is 14.4 Å². The highest BCUT2D eigenvalue weighted by Gasteiger charge is 2.19. The van der Waals surface area contributed by atoms with Crippen LogP contribution in [0.4, 0.5) is 0 Å². The lowest BCUT2D eigenvalue weighted by atomic mass is 10.0. The molecule has 0 fully saturated rings. The van der Waals surface area contributed by atoms with Crippen LogP contribution < -0.4 is 0 Å². The third-order valence-corrected chi connectivity index (χ3v) is 15.2. The third kappa shape index (κ3) is 65.5. The molecule has 0 N–H and O–H groups in total. The Bertz CT molecular complexity index is 1450. The van der Waals surface area contributed by atoms with Crippen LogP contribution in [0, 0.1) is 0 Å². The minimum Gasteiger partial charge on any atom is -0.462 e. The van der Waals surface area contributed by atoms with Gasteiger partial charge < -0.3 is 14.2 Å². The van der Waals surface area contributed by atoms with E-state index in [0.717, 1.165) is 103 Å². The van der Waals surface area contributed by atoms with Gasteiger partial charge in [0.2, 0.25) is 0 Å². The quantitative estimate of drug-likeness (QED) is 0.0261. The van der Waals surface area contributed by atoms with Gasteiger partial charge >= 0.3 is 17.9 Å². The van der Waals surface area contributed by atoms with Crippen LogP contribution in [0.25, 0.3) is 0 Å². The van der Waals surface area contributed by atoms with Crippen LogP contribution in [0.5, 0.6) is 0 Å². The summed E-state index contributed by atoms with van der Waals surface area (Å²) in [6, 6.07) is 0. The average molecular weight is 1100 g/mol. The summed E-state index contributed by atoms with van der Waals surface area (Å²) in [7, 11) is 0. The highest BCUT2D eigenvalue weighted by Crippen LogP contribution is 2.17. The van der Waals surface area contributed by atoms with Gasteiger partial charge in [-0.1, -0.05) is 299 Å². The molecule has 0 heterocycles. The molecule has 0 rings (SSSR count). The molecule has 0 aromatic rings. The van der Waals surface area contributed by atoms with Crippen molar-refractivity contribution in [2.45, 2.75) is 361 Å². The zero-order valence-electron chi connectivity index (χ0n) is 52.6. The minimum absolute atomic E-state index is 0.0804. The standard InChI is InChI=1S/C73H130O6/c1-4-7-10-13-16-19-22-25-28-30-32-34-36-38-40-42-45-48-51-54-57-60-63-66-72(75)78-69-70(68-77-71(74)65-62-59-56-53-50-47-44-27-24-21-18-15-12-9-6-3)79-73(76)67-64-61-58-55-52-49-46-43-41-39-37-35-33-31-29-26-23-20-17-14-11-8-5-2/h9,12,18,21-22,25,27,30-33,44,70H,4-8,10-11,13-17,19-20,23-24,26,28-29,34-43,45-69H2,1-3H3/b12-9-,21-18-,25-22-,32-30-,33-31-,44-27-. The van der Waals surface area contributed by atoms with Crippen molar-refractivity contribution in [1.29, 1.82) is 0 Å². The molecule has 0 aliphatic rings. The summed E-state index contributed by atoms with van der Waals surface area (Å²) >= 11 is 0. The third-order valence-electron chi connectivity index (χ3n) is 15.2. The normalized spacial score (nSPS) is 12.5. The SMILES string of the molecule is CC/C=C\C/C=C\C/C=C\CCCCCCCC(=O)OCC(COC(=O)CCCCCCCCCCCCC/C=C\C/C=C\CCCCCCC)OC(=O)CCCCCCCCCCCCC/C=C\CCCCCCCCCC. The minimum atomic E-state index is -0.785. The monoisotopic (exact) mass is 1100 g/mol. The first-order valence-electron chi connectivity index (χ1n) is 34.4. The molecule has 0 aliphatic carbocycles. The van der Waals surface area contributed by atoms with E-state index in [0.29, 0.717) is 19.3 Å². The van der Waals surface area contributed by atoms with Gasteiger partial charge in [0.15, 0.2) is 6.10 Å². The van der Waals surface area contributed by atoms with Crippen LogP contribution in [0.2, 0.25) is 0 Å². The van der Waals surface area contributed by atoms with Crippen LogP contribution in [0.3, 0.4) is 0 Å². The lowest BCUT2D eigenvalue weighted by molar-refractivity contribution is -0.167. The fraction of sp³-hybridized carbons (Fsp3) is 0.795. The largest absolute Gasteiger partial charge is 0.462 e. The van der Waals surface area contributed by atoms with E-state index in [1.807, 2.05) is 0 Å². The molecule has 458 valence electrons. The molecular weight excluding hydrogens is 973 g/mol. The number of carbonyl (C=O) groups is 3. The van der Waals surface area contributed by atoms with E-state index in [-0.39, 0.29) is 31.1 Å². The van der Waals surface area contributed by atoms with Crippen molar-refractivity contribution < 1.29 is 28.6 Å². The predicted octanol–water partition coefficient (Wildman–Crippen LogP) is 23.7. The molecular formula is C73H130O6. The Hall–Kier alpha value is -3.15. The van der Waals surface area contributed by atoms with Crippen molar-refractivity contribution in [2.75, 3.05) is 13.2 Å². The number of hydrogen-bond donors (Lipinski definition) is 0. The van der Waals surface area contributed by atoms with Crippen LogP contribution in [0.15, 0.2) is 72.9 Å². The van der Waals surface area contributed by atoms with Crippen molar-refractivity contribution in [3.05, 3.63) is 72.9 Å². The fourth-order valence-corrected chi connectivity index (χ4v) is 10.0. The number of ether oxygens (including phenoxy) is 3. The fourth-order valence-electron chi connectivity index (χ4n) is 10.0. The van der Waals surface area contributed by atoms with E-state index in [1.54, 1.807) is 0 Å². The molecule has 79 heavy (non-hydrogen) atoms. The molecule has 6 heteroatoms. The smallest absolute Gasteiger partial charge is 0.306 e. The number of hydrogen-bond acceptors (Lipinski definition) is 6. The summed E-state index contributed by atoms with van der Waals surface area (Å²) in [6.07, 6.45) is 87.8. The average Bonchev–Trinajstić information content (AvgIpc) is 3.45. The van der Waals surface area contributed by atoms with E-state index in [4.69, 9.17) is 14.2 Å². The zero-order chi connectivity index (χ0) is 57.1. The van der Waals surface area contributed by atoms with Gasteiger partial charge in [0, 0.05) is 19.3 Å². The number of rotatable bonds is 63. The summed E-state index contributed by atoms with van der Waals surface area (Å²) in [6.45, 7) is 6.55. The van der Waals surface area contributed by atoms with E-state index >= 15 is 0 Å². The Labute approximate surface area is 491 Å². The molecule has 0 radical (unpaired) electrons. The first kappa shape index (κ1) is 75.8. The molecule has 0 spiro atoms. The Morgan fingerprint density at radius 2 is 0.494 bits per heavy atom. The predicted molar refractivity (Wildman–Crippen MR) is 344 cm³/mol. The number of allylic oxidation sites excluding steroid dienone is 12. The van der Waals surface area contributed by atoms with Crippen molar-refractivity contribution in [3.8, 4) is 0 Å². The Morgan fingerprint density at radius 3 is 0.785 bits per heavy atom. The summed E-state index contributed by atoms with van der Waals surface area (Å²) in [5, 5.41) is 0. The summed E-state index contributed by atoms with van der Waals surface area (Å²) in [4.78, 5) is 38.4. The molecule has 6 nitrogen and oxygen atoms in total. The Kier molecular flexibility index (Phi) is 64.7. The van der Waals surface area contributed by atoms with Gasteiger partial charge in [-0.25, -0.2) is 0 Å². The highest BCUT2D eigenvalue weighted by molar-refractivity contribution is 5.71. The van der Waals surface area contributed by atoms with Gasteiger partial charge in [0.25, 0.3) is 0 Å². The molecule has 1 atom stereocenters. The van der Waals surface area contributed by atoms with E-state index in [1.165, 1.54) is 212 Å². The van der Waals surface area contributed by atoms with Gasteiger partial charge in [0.05, 0.1) is 0 Å². The lowest BCUT2D eigenvalue weighted by Gasteiger charge is -2.18. The van der Waals surface area contributed by atoms with Gasteiger partial charge in [-0.2, -0.15) is 0 Å². The van der Waals surface area contributed by atoms with Gasteiger partial charge in [-0.05, 0) is 109 Å². The molecule has 0 bridgehead atoms. The van der Waals surface area contributed by atoms with Gasteiger partial charge in [-0.3, -0.25) is 14.4 Å². The molecule has 0 aliphatic heterocycles. The van der Waals surface area contributed by atoms with Crippen LogP contribution >= 0.6 is 0 Å². The van der Waals surface area contributed by atoms with Gasteiger partial charge in [-0.15, -0.1) is 0 Å². The summed E-state index contributed by atoms with van der Waals surface area (Å²) in [5.74, 6) is -0.882. The van der Waals surface area contributed by atoms with Crippen molar-refractivity contribution >= 4 is 17.9 Å². The maximum atomic E-state index is 13.0. The second kappa shape index (κ2) is 67.4. The van der Waals surface area contributed by atoms with Crippen molar-refractivity contribution in [1.82, 2.24) is 0 Å². The van der Waals surface area contributed by atoms with Gasteiger partial charge in [0.1, 0.15) is 13.2 Å². The van der Waals surface area contributed by atoms with Crippen molar-refractivity contribution in [3.63, 3.8) is 0 Å². The topological polar surface area (TPSA) is 78.9 Å². The zero-order valence-corrected chi connectivity index (χ0v) is 52.6. The number of esters is 3. The molecule has 0 aromatic heterocycles. The van der Waals surface area contributed by atoms with Crippen molar-refractivity contribution in [2.24, 2.45) is 0 Å². The Balaban J connectivity index is 4.33. The molecule has 0 saturated carbocycles. The Morgan fingerprint density at radius 1 is 0.266 bits per heavy atom. The maximum absolute atomic E-state index is 13.0. The first-order chi connectivity index (χ1) is 39.0. The van der Waals surface area contributed by atoms with Crippen LogP contribution in [-0.4, -0.2) is 37.2 Å². The molecule has 0 saturated heterocycles. The first-order valence-corrected chi connectivity index (χ1v) is 34.4. The summed E-state index contributed by atoms with van der Waals surface area (Å²) in [5.41, 5.74) is 0. The van der Waals surface area contributed by atoms with E-state index < -0.39 is 6.10 Å². The summed E-state index contributed by atoms with van der Waals surface area (Å²) < 4.78 is 17.0. The second-order valence-corrected chi connectivity index (χ2v) is 23.1. The van der Waals surface area contributed by atoms with Crippen LogP contribution in [0.1, 0.15) is 355 Å². The second-order valence-electron chi connectivity index (χ2n) is 23.1. The highest BCUT2D eigenvalue weighted by atomic mass is 16.6. The molecule has 1 unspecified atom stereocenters. The lowest BCUT2D eigenvalue weighted by Crippen LogP contribution is -2.30.